The van der Waals surface area contributed by atoms with E-state index in [1.54, 1.807) is 6.07 Å². The first-order valence-electron chi connectivity index (χ1n) is 9.39. The zero-order valence-corrected chi connectivity index (χ0v) is 16.8. The molecule has 0 aliphatic carbocycles. The van der Waals surface area contributed by atoms with E-state index in [1.807, 2.05) is 45.0 Å². The summed E-state index contributed by atoms with van der Waals surface area (Å²) in [5.41, 5.74) is 4.70. The highest BCUT2D eigenvalue weighted by Gasteiger charge is 2.15. The summed E-state index contributed by atoms with van der Waals surface area (Å²) in [7, 11) is 0. The van der Waals surface area contributed by atoms with Crippen LogP contribution in [0.5, 0.6) is 0 Å². The number of rotatable bonds is 7. The molecular formula is C23H29NO3. The molecule has 0 heterocycles. The van der Waals surface area contributed by atoms with Gasteiger partial charge in [0.1, 0.15) is 0 Å². The van der Waals surface area contributed by atoms with Gasteiger partial charge in [-0.15, -0.1) is 0 Å². The van der Waals surface area contributed by atoms with E-state index in [2.05, 4.69) is 31.3 Å². The molecule has 144 valence electrons. The SMILES string of the molecule is Cc1cccc(C(=O)OCC(=O)N[C@H](C)c2ccc(CC(C)C)cc2)c1C. The van der Waals surface area contributed by atoms with Gasteiger partial charge >= 0.3 is 5.97 Å². The van der Waals surface area contributed by atoms with Gasteiger partial charge in [-0.3, -0.25) is 4.79 Å². The summed E-state index contributed by atoms with van der Waals surface area (Å²) in [5.74, 6) is -0.177. The fourth-order valence-corrected chi connectivity index (χ4v) is 2.96. The fourth-order valence-electron chi connectivity index (χ4n) is 2.96. The van der Waals surface area contributed by atoms with Crippen LogP contribution < -0.4 is 5.32 Å². The zero-order valence-electron chi connectivity index (χ0n) is 16.8. The third kappa shape index (κ3) is 5.95. The van der Waals surface area contributed by atoms with Crippen molar-refractivity contribution >= 4 is 11.9 Å². The van der Waals surface area contributed by atoms with Crippen LogP contribution in [0.3, 0.4) is 0 Å². The van der Waals surface area contributed by atoms with Crippen LogP contribution in [0, 0.1) is 19.8 Å². The molecule has 2 aromatic carbocycles. The van der Waals surface area contributed by atoms with Crippen molar-refractivity contribution in [1.82, 2.24) is 5.32 Å². The molecule has 2 aromatic rings. The fraction of sp³-hybridized carbons (Fsp3) is 0.391. The molecule has 0 spiro atoms. The second-order valence-electron chi connectivity index (χ2n) is 7.45. The molecule has 0 aromatic heterocycles. The van der Waals surface area contributed by atoms with Crippen LogP contribution in [-0.2, 0) is 16.0 Å². The zero-order chi connectivity index (χ0) is 20.0. The first-order chi connectivity index (χ1) is 12.8. The van der Waals surface area contributed by atoms with Crippen molar-refractivity contribution in [2.75, 3.05) is 6.61 Å². The minimum Gasteiger partial charge on any atom is -0.452 e. The Labute approximate surface area is 161 Å². The minimum atomic E-state index is -0.475. The van der Waals surface area contributed by atoms with Gasteiger partial charge in [0.15, 0.2) is 6.61 Å². The highest BCUT2D eigenvalue weighted by atomic mass is 16.5. The maximum atomic E-state index is 12.2. The molecule has 0 bridgehead atoms. The van der Waals surface area contributed by atoms with Crippen molar-refractivity contribution in [3.63, 3.8) is 0 Å². The average molecular weight is 367 g/mol. The quantitative estimate of drug-likeness (QED) is 0.731. The Balaban J connectivity index is 1.87. The first-order valence-corrected chi connectivity index (χ1v) is 9.39. The number of ether oxygens (including phenoxy) is 1. The third-order valence-electron chi connectivity index (χ3n) is 4.66. The van der Waals surface area contributed by atoms with E-state index in [0.29, 0.717) is 11.5 Å². The number of aryl methyl sites for hydroxylation is 1. The predicted octanol–water partition coefficient (Wildman–Crippen LogP) is 4.54. The molecule has 0 saturated carbocycles. The van der Waals surface area contributed by atoms with E-state index in [0.717, 1.165) is 23.1 Å². The van der Waals surface area contributed by atoms with Crippen molar-refractivity contribution in [2.24, 2.45) is 5.92 Å². The predicted molar refractivity (Wildman–Crippen MR) is 108 cm³/mol. The summed E-state index contributed by atoms with van der Waals surface area (Å²) in [5, 5.41) is 2.87. The number of carbonyl (C=O) groups is 2. The number of esters is 1. The number of hydrogen-bond acceptors (Lipinski definition) is 3. The van der Waals surface area contributed by atoms with Crippen molar-refractivity contribution < 1.29 is 14.3 Å². The molecule has 0 radical (unpaired) electrons. The van der Waals surface area contributed by atoms with Gasteiger partial charge in [-0.05, 0) is 61.4 Å². The van der Waals surface area contributed by atoms with Crippen LogP contribution in [0.15, 0.2) is 42.5 Å². The summed E-state index contributed by atoms with van der Waals surface area (Å²) in [6.07, 6.45) is 1.04. The highest BCUT2D eigenvalue weighted by Crippen LogP contribution is 2.16. The van der Waals surface area contributed by atoms with Crippen molar-refractivity contribution in [1.29, 1.82) is 0 Å². The van der Waals surface area contributed by atoms with Crippen molar-refractivity contribution in [3.05, 3.63) is 70.3 Å². The minimum absolute atomic E-state index is 0.148. The highest BCUT2D eigenvalue weighted by molar-refractivity contribution is 5.93. The van der Waals surface area contributed by atoms with Gasteiger partial charge in [0.2, 0.25) is 0 Å². The van der Waals surface area contributed by atoms with Crippen LogP contribution in [-0.4, -0.2) is 18.5 Å². The van der Waals surface area contributed by atoms with E-state index in [4.69, 9.17) is 4.74 Å². The standard InChI is InChI=1S/C23H29NO3/c1-15(2)13-19-9-11-20(12-10-19)18(5)24-22(25)14-27-23(26)21-8-6-7-16(3)17(21)4/h6-12,15,18H,13-14H2,1-5H3,(H,24,25)/t18-/m1/s1. The lowest BCUT2D eigenvalue weighted by Gasteiger charge is -2.15. The van der Waals surface area contributed by atoms with Gasteiger partial charge in [0, 0.05) is 0 Å². The summed E-state index contributed by atoms with van der Waals surface area (Å²) >= 11 is 0. The Morgan fingerprint density at radius 1 is 1.00 bits per heavy atom. The summed E-state index contributed by atoms with van der Waals surface area (Å²) in [6.45, 7) is 9.82. The first kappa shape index (κ1) is 20.7. The Morgan fingerprint density at radius 3 is 2.30 bits per heavy atom. The number of nitrogens with one attached hydrogen (secondary N) is 1. The molecule has 2 rings (SSSR count). The van der Waals surface area contributed by atoms with Crippen LogP contribution in [0.1, 0.15) is 59.4 Å². The molecule has 4 heteroatoms. The maximum absolute atomic E-state index is 12.2. The maximum Gasteiger partial charge on any atom is 0.338 e. The molecule has 27 heavy (non-hydrogen) atoms. The van der Waals surface area contributed by atoms with Gasteiger partial charge in [0.25, 0.3) is 5.91 Å². The lowest BCUT2D eigenvalue weighted by molar-refractivity contribution is -0.124. The molecule has 4 nitrogen and oxygen atoms in total. The molecule has 1 amide bonds. The molecule has 1 N–H and O–H groups in total. The van der Waals surface area contributed by atoms with E-state index < -0.39 is 5.97 Å². The molecule has 0 saturated heterocycles. The number of hydrogen-bond donors (Lipinski definition) is 1. The largest absolute Gasteiger partial charge is 0.452 e. The van der Waals surface area contributed by atoms with E-state index in [1.165, 1.54) is 5.56 Å². The Kier molecular flexibility index (Phi) is 7.17. The van der Waals surface area contributed by atoms with Gasteiger partial charge in [0.05, 0.1) is 11.6 Å². The molecule has 0 fully saturated rings. The van der Waals surface area contributed by atoms with Gasteiger partial charge in [-0.2, -0.15) is 0 Å². The summed E-state index contributed by atoms with van der Waals surface area (Å²) in [6, 6.07) is 13.6. The number of benzene rings is 2. The normalized spacial score (nSPS) is 11.9. The second-order valence-corrected chi connectivity index (χ2v) is 7.45. The lowest BCUT2D eigenvalue weighted by atomic mass is 10.00. The molecule has 0 aliphatic rings. The molecule has 0 aliphatic heterocycles. The van der Waals surface area contributed by atoms with Crippen LogP contribution in [0.2, 0.25) is 0 Å². The lowest BCUT2D eigenvalue weighted by Crippen LogP contribution is -2.31. The summed E-state index contributed by atoms with van der Waals surface area (Å²) in [4.78, 5) is 24.3. The van der Waals surface area contributed by atoms with Crippen LogP contribution in [0.25, 0.3) is 0 Å². The Bertz CT molecular complexity index is 794. The number of carbonyl (C=O) groups excluding carboxylic acids is 2. The van der Waals surface area contributed by atoms with Crippen molar-refractivity contribution in [3.8, 4) is 0 Å². The molecule has 0 unspecified atom stereocenters. The summed E-state index contributed by atoms with van der Waals surface area (Å²) < 4.78 is 5.17. The third-order valence-corrected chi connectivity index (χ3v) is 4.66. The van der Waals surface area contributed by atoms with E-state index >= 15 is 0 Å². The van der Waals surface area contributed by atoms with Crippen molar-refractivity contribution in [2.45, 2.75) is 47.1 Å². The van der Waals surface area contributed by atoms with Gasteiger partial charge in [-0.25, -0.2) is 4.79 Å². The van der Waals surface area contributed by atoms with Gasteiger partial charge < -0.3 is 10.1 Å². The Morgan fingerprint density at radius 2 is 1.67 bits per heavy atom. The molecular weight excluding hydrogens is 338 g/mol. The van der Waals surface area contributed by atoms with E-state index in [-0.39, 0.29) is 18.6 Å². The monoisotopic (exact) mass is 367 g/mol. The smallest absolute Gasteiger partial charge is 0.338 e. The van der Waals surface area contributed by atoms with E-state index in [9.17, 15) is 9.59 Å². The average Bonchev–Trinajstić information content (AvgIpc) is 2.62. The van der Waals surface area contributed by atoms with Gasteiger partial charge in [-0.1, -0.05) is 50.2 Å². The Hall–Kier alpha value is -2.62. The van der Waals surface area contributed by atoms with Crippen LogP contribution in [0.4, 0.5) is 0 Å². The topological polar surface area (TPSA) is 55.4 Å². The van der Waals surface area contributed by atoms with Crippen LogP contribution >= 0.6 is 0 Å². The number of amides is 1. The second kappa shape index (κ2) is 9.36. The molecule has 1 atom stereocenters.